The summed E-state index contributed by atoms with van der Waals surface area (Å²) in [4.78, 5) is 6.67. The minimum Gasteiger partial charge on any atom is -0.375 e. The molecule has 1 atom stereocenters. The molecule has 3 heterocycles. The standard InChI is InChI=1S/C18H22N6O/c1-2-5-15(6-3-1)12-23-7-4-8-25-16(13-23)9-20-17-10-19-11-18-22-21-14-24(17)18/h1-3,5-6,10-11,14,16,20H,4,7-9,12-13H2. The average Bonchev–Trinajstić information content (AvgIpc) is 3.02. The van der Waals surface area contributed by atoms with E-state index in [1.54, 1.807) is 18.7 Å². The molecule has 0 aliphatic carbocycles. The van der Waals surface area contributed by atoms with E-state index in [9.17, 15) is 0 Å². The van der Waals surface area contributed by atoms with Gasteiger partial charge in [-0.1, -0.05) is 30.3 Å². The second-order valence-corrected chi connectivity index (χ2v) is 6.30. The molecule has 1 saturated heterocycles. The van der Waals surface area contributed by atoms with Crippen molar-refractivity contribution in [2.24, 2.45) is 0 Å². The third-order valence-electron chi connectivity index (χ3n) is 4.41. The molecule has 0 spiro atoms. The third-order valence-corrected chi connectivity index (χ3v) is 4.41. The first kappa shape index (κ1) is 16.0. The molecule has 1 aliphatic rings. The fraction of sp³-hybridized carbons (Fsp3) is 0.389. The van der Waals surface area contributed by atoms with Gasteiger partial charge in [0.15, 0.2) is 5.65 Å². The van der Waals surface area contributed by atoms with Gasteiger partial charge in [-0.2, -0.15) is 0 Å². The largest absolute Gasteiger partial charge is 0.375 e. The Labute approximate surface area is 146 Å². The Kier molecular flexibility index (Phi) is 4.85. The van der Waals surface area contributed by atoms with Gasteiger partial charge in [-0.15, -0.1) is 10.2 Å². The maximum Gasteiger partial charge on any atom is 0.180 e. The van der Waals surface area contributed by atoms with Crippen LogP contribution in [0, 0.1) is 0 Å². The van der Waals surface area contributed by atoms with E-state index in [1.807, 2.05) is 4.40 Å². The van der Waals surface area contributed by atoms with Gasteiger partial charge in [0.05, 0.1) is 18.5 Å². The lowest BCUT2D eigenvalue weighted by Gasteiger charge is -2.24. The van der Waals surface area contributed by atoms with Crippen LogP contribution in [0.3, 0.4) is 0 Å². The molecular formula is C18H22N6O. The van der Waals surface area contributed by atoms with E-state index >= 15 is 0 Å². The molecule has 130 valence electrons. The molecule has 2 aromatic heterocycles. The second kappa shape index (κ2) is 7.58. The Balaban J connectivity index is 1.38. The molecule has 1 unspecified atom stereocenters. The Morgan fingerprint density at radius 2 is 2.12 bits per heavy atom. The molecule has 1 aliphatic heterocycles. The highest BCUT2D eigenvalue weighted by molar-refractivity contribution is 5.45. The maximum atomic E-state index is 6.02. The molecule has 0 amide bonds. The highest BCUT2D eigenvalue weighted by atomic mass is 16.5. The summed E-state index contributed by atoms with van der Waals surface area (Å²) in [5, 5.41) is 11.4. The van der Waals surface area contributed by atoms with Crippen LogP contribution < -0.4 is 5.32 Å². The molecule has 0 bridgehead atoms. The van der Waals surface area contributed by atoms with Gasteiger partial charge in [-0.05, 0) is 12.0 Å². The van der Waals surface area contributed by atoms with E-state index in [2.05, 4.69) is 55.7 Å². The highest BCUT2D eigenvalue weighted by Crippen LogP contribution is 2.13. The zero-order valence-electron chi connectivity index (χ0n) is 14.1. The van der Waals surface area contributed by atoms with Crippen molar-refractivity contribution in [3.63, 3.8) is 0 Å². The van der Waals surface area contributed by atoms with Crippen LogP contribution in [0.4, 0.5) is 5.82 Å². The number of ether oxygens (including phenoxy) is 1. The summed E-state index contributed by atoms with van der Waals surface area (Å²) < 4.78 is 7.92. The van der Waals surface area contributed by atoms with Crippen molar-refractivity contribution in [3.05, 3.63) is 54.6 Å². The fourth-order valence-corrected chi connectivity index (χ4v) is 3.18. The van der Waals surface area contributed by atoms with Gasteiger partial charge in [0.1, 0.15) is 12.1 Å². The summed E-state index contributed by atoms with van der Waals surface area (Å²) in [5.74, 6) is 0.880. The number of fused-ring (bicyclic) bond motifs is 1. The van der Waals surface area contributed by atoms with Crippen LogP contribution in [0.15, 0.2) is 49.1 Å². The summed E-state index contributed by atoms with van der Waals surface area (Å²) in [7, 11) is 0. The Hall–Kier alpha value is -2.51. The van der Waals surface area contributed by atoms with Gasteiger partial charge in [0.25, 0.3) is 0 Å². The van der Waals surface area contributed by atoms with Gasteiger partial charge < -0.3 is 10.1 Å². The number of anilines is 1. The monoisotopic (exact) mass is 338 g/mol. The molecule has 25 heavy (non-hydrogen) atoms. The fourth-order valence-electron chi connectivity index (χ4n) is 3.18. The van der Waals surface area contributed by atoms with Crippen LogP contribution in [-0.2, 0) is 11.3 Å². The van der Waals surface area contributed by atoms with E-state index in [0.29, 0.717) is 0 Å². The number of aromatic nitrogens is 4. The summed E-state index contributed by atoms with van der Waals surface area (Å²) in [6, 6.07) is 10.6. The lowest BCUT2D eigenvalue weighted by Crippen LogP contribution is -2.35. The van der Waals surface area contributed by atoms with Crippen LogP contribution in [-0.4, -0.2) is 56.8 Å². The molecule has 1 N–H and O–H groups in total. The number of benzene rings is 1. The third kappa shape index (κ3) is 3.94. The molecule has 3 aromatic rings. The van der Waals surface area contributed by atoms with Crippen molar-refractivity contribution < 1.29 is 4.74 Å². The summed E-state index contributed by atoms with van der Waals surface area (Å²) in [6.07, 6.45) is 6.37. The smallest absolute Gasteiger partial charge is 0.180 e. The van der Waals surface area contributed by atoms with Crippen molar-refractivity contribution in [1.82, 2.24) is 24.5 Å². The van der Waals surface area contributed by atoms with E-state index in [0.717, 1.165) is 50.7 Å². The molecule has 0 radical (unpaired) electrons. The minimum absolute atomic E-state index is 0.137. The van der Waals surface area contributed by atoms with E-state index in [4.69, 9.17) is 4.74 Å². The van der Waals surface area contributed by atoms with Crippen LogP contribution >= 0.6 is 0 Å². The zero-order chi connectivity index (χ0) is 16.9. The van der Waals surface area contributed by atoms with Gasteiger partial charge >= 0.3 is 0 Å². The van der Waals surface area contributed by atoms with E-state index in [-0.39, 0.29) is 6.10 Å². The van der Waals surface area contributed by atoms with Gasteiger partial charge in [-0.3, -0.25) is 14.3 Å². The molecule has 7 heteroatoms. The van der Waals surface area contributed by atoms with E-state index < -0.39 is 0 Å². The van der Waals surface area contributed by atoms with Gasteiger partial charge in [0, 0.05) is 32.8 Å². The molecule has 1 fully saturated rings. The number of hydrogen-bond donors (Lipinski definition) is 1. The first-order chi connectivity index (χ1) is 12.4. The predicted molar refractivity (Wildman–Crippen MR) is 95.3 cm³/mol. The molecule has 4 rings (SSSR count). The first-order valence-electron chi connectivity index (χ1n) is 8.64. The zero-order valence-corrected chi connectivity index (χ0v) is 14.1. The molecule has 0 saturated carbocycles. The second-order valence-electron chi connectivity index (χ2n) is 6.30. The van der Waals surface area contributed by atoms with Crippen LogP contribution in [0.5, 0.6) is 0 Å². The molecular weight excluding hydrogens is 316 g/mol. The Morgan fingerprint density at radius 3 is 3.04 bits per heavy atom. The highest BCUT2D eigenvalue weighted by Gasteiger charge is 2.19. The van der Waals surface area contributed by atoms with Crippen LogP contribution in [0.25, 0.3) is 5.65 Å². The maximum absolute atomic E-state index is 6.02. The lowest BCUT2D eigenvalue weighted by atomic mass is 10.2. The summed E-state index contributed by atoms with van der Waals surface area (Å²) in [6.45, 7) is 4.46. The number of rotatable bonds is 5. The SMILES string of the molecule is c1ccc(CN2CCCOC(CNc3cncc4nncn34)C2)cc1. The molecule has 1 aromatic carbocycles. The van der Waals surface area contributed by atoms with Crippen molar-refractivity contribution in [3.8, 4) is 0 Å². The van der Waals surface area contributed by atoms with Crippen molar-refractivity contribution in [2.45, 2.75) is 19.1 Å². The minimum atomic E-state index is 0.137. The van der Waals surface area contributed by atoms with Crippen molar-refractivity contribution in [2.75, 3.05) is 31.6 Å². The van der Waals surface area contributed by atoms with Crippen molar-refractivity contribution in [1.29, 1.82) is 0 Å². The molecule has 7 nitrogen and oxygen atoms in total. The Morgan fingerprint density at radius 1 is 1.20 bits per heavy atom. The average molecular weight is 338 g/mol. The normalized spacial score (nSPS) is 19.0. The quantitative estimate of drug-likeness (QED) is 0.765. The van der Waals surface area contributed by atoms with Gasteiger partial charge in [-0.25, -0.2) is 0 Å². The van der Waals surface area contributed by atoms with Gasteiger partial charge in [0.2, 0.25) is 0 Å². The van der Waals surface area contributed by atoms with Crippen molar-refractivity contribution >= 4 is 11.5 Å². The van der Waals surface area contributed by atoms with Crippen LogP contribution in [0.1, 0.15) is 12.0 Å². The number of hydrogen-bond acceptors (Lipinski definition) is 6. The lowest BCUT2D eigenvalue weighted by molar-refractivity contribution is 0.0624. The van der Waals surface area contributed by atoms with Crippen LogP contribution in [0.2, 0.25) is 0 Å². The summed E-state index contributed by atoms with van der Waals surface area (Å²) in [5.41, 5.74) is 2.08. The number of nitrogens with zero attached hydrogens (tertiary/aromatic N) is 5. The summed E-state index contributed by atoms with van der Waals surface area (Å²) >= 11 is 0. The Bertz CT molecular complexity index is 805. The first-order valence-corrected chi connectivity index (χ1v) is 8.64. The van der Waals surface area contributed by atoms with E-state index in [1.165, 1.54) is 5.56 Å². The number of nitrogens with one attached hydrogen (secondary N) is 1. The predicted octanol–water partition coefficient (Wildman–Crippen LogP) is 1.83. The topological polar surface area (TPSA) is 67.6 Å².